The Balaban J connectivity index is 1.88. The van der Waals surface area contributed by atoms with Gasteiger partial charge in [0.05, 0.1) is 5.56 Å². The Morgan fingerprint density at radius 2 is 1.93 bits per heavy atom. The van der Waals surface area contributed by atoms with Crippen LogP contribution < -0.4 is 10.2 Å². The standard InChI is InChI=1S/C20H22F3N5O/c1-12(2)10-15-25-18(28-8-6-24-7-9-28)16-17(27-29-19(16)26-15)13-4-3-5-14(11-13)20(21,22)23/h3-5,11-12,24H,6-10H2,1-2H3. The van der Waals surface area contributed by atoms with E-state index in [0.29, 0.717) is 46.3 Å². The molecule has 1 fully saturated rings. The SMILES string of the molecule is CC(C)Cc1nc(N2CCNCC2)c2c(-c3cccc(C(F)(F)F)c3)noc2n1. The van der Waals surface area contributed by atoms with Crippen molar-refractivity contribution in [3.05, 3.63) is 35.7 Å². The number of hydrogen-bond donors (Lipinski definition) is 1. The van der Waals surface area contributed by atoms with Gasteiger partial charge in [-0.15, -0.1) is 0 Å². The monoisotopic (exact) mass is 405 g/mol. The number of nitrogens with zero attached hydrogens (tertiary/aromatic N) is 4. The van der Waals surface area contributed by atoms with E-state index in [1.54, 1.807) is 6.07 Å². The Kier molecular flexibility index (Phi) is 5.16. The van der Waals surface area contributed by atoms with Crippen LogP contribution in [-0.2, 0) is 12.6 Å². The smallest absolute Gasteiger partial charge is 0.353 e. The number of nitrogens with one attached hydrogen (secondary N) is 1. The van der Waals surface area contributed by atoms with Crippen molar-refractivity contribution in [3.63, 3.8) is 0 Å². The van der Waals surface area contributed by atoms with Crippen molar-refractivity contribution in [1.29, 1.82) is 0 Å². The molecule has 0 radical (unpaired) electrons. The Labute approximate surface area is 166 Å². The lowest BCUT2D eigenvalue weighted by molar-refractivity contribution is -0.137. The normalized spacial score (nSPS) is 15.4. The summed E-state index contributed by atoms with van der Waals surface area (Å²) in [4.78, 5) is 11.4. The highest BCUT2D eigenvalue weighted by Crippen LogP contribution is 2.37. The molecule has 1 aliphatic rings. The molecule has 9 heteroatoms. The van der Waals surface area contributed by atoms with Crippen molar-refractivity contribution in [3.8, 4) is 11.3 Å². The molecule has 1 aliphatic heterocycles. The largest absolute Gasteiger partial charge is 0.416 e. The van der Waals surface area contributed by atoms with E-state index >= 15 is 0 Å². The van der Waals surface area contributed by atoms with Gasteiger partial charge in [-0.2, -0.15) is 18.2 Å². The number of hydrogen-bond acceptors (Lipinski definition) is 6. The van der Waals surface area contributed by atoms with Crippen LogP contribution in [0.1, 0.15) is 25.2 Å². The summed E-state index contributed by atoms with van der Waals surface area (Å²) in [5, 5.41) is 7.93. The fraction of sp³-hybridized carbons (Fsp3) is 0.450. The second-order valence-corrected chi connectivity index (χ2v) is 7.59. The molecule has 0 amide bonds. The molecule has 6 nitrogen and oxygen atoms in total. The number of benzene rings is 1. The van der Waals surface area contributed by atoms with Gasteiger partial charge in [-0.05, 0) is 18.1 Å². The quantitative estimate of drug-likeness (QED) is 0.710. The molecule has 0 aliphatic carbocycles. The van der Waals surface area contributed by atoms with Crippen molar-refractivity contribution >= 4 is 16.9 Å². The van der Waals surface area contributed by atoms with E-state index in [-0.39, 0.29) is 0 Å². The first kappa shape index (κ1) is 19.6. The molecule has 2 aromatic heterocycles. The molecular weight excluding hydrogens is 383 g/mol. The molecule has 0 atom stereocenters. The zero-order chi connectivity index (χ0) is 20.6. The van der Waals surface area contributed by atoms with Gasteiger partial charge in [0, 0.05) is 38.2 Å². The summed E-state index contributed by atoms with van der Waals surface area (Å²) in [5.41, 5.74) is 0.231. The van der Waals surface area contributed by atoms with Crippen molar-refractivity contribution in [2.24, 2.45) is 5.92 Å². The van der Waals surface area contributed by atoms with Crippen LogP contribution in [0, 0.1) is 5.92 Å². The third-order valence-electron chi connectivity index (χ3n) is 4.83. The molecule has 0 spiro atoms. The number of aromatic nitrogens is 3. The van der Waals surface area contributed by atoms with E-state index in [1.807, 2.05) is 0 Å². The Morgan fingerprint density at radius 3 is 2.62 bits per heavy atom. The summed E-state index contributed by atoms with van der Waals surface area (Å²) >= 11 is 0. The highest BCUT2D eigenvalue weighted by Gasteiger charge is 2.31. The van der Waals surface area contributed by atoms with Crippen LogP contribution in [0.15, 0.2) is 28.8 Å². The number of rotatable bonds is 4. The van der Waals surface area contributed by atoms with Gasteiger partial charge in [0.1, 0.15) is 22.7 Å². The lowest BCUT2D eigenvalue weighted by atomic mass is 10.1. The number of halogens is 3. The lowest BCUT2D eigenvalue weighted by Gasteiger charge is -2.29. The first-order chi connectivity index (χ1) is 13.8. The minimum absolute atomic E-state index is 0.302. The molecule has 154 valence electrons. The van der Waals surface area contributed by atoms with Crippen LogP contribution in [0.2, 0.25) is 0 Å². The van der Waals surface area contributed by atoms with Gasteiger partial charge in [-0.3, -0.25) is 0 Å². The zero-order valence-corrected chi connectivity index (χ0v) is 16.3. The first-order valence-corrected chi connectivity index (χ1v) is 9.62. The van der Waals surface area contributed by atoms with Crippen LogP contribution in [0.25, 0.3) is 22.4 Å². The third kappa shape index (κ3) is 4.05. The van der Waals surface area contributed by atoms with Gasteiger partial charge in [0.2, 0.25) is 0 Å². The van der Waals surface area contributed by atoms with Crippen LogP contribution in [-0.4, -0.2) is 41.3 Å². The Hall–Kier alpha value is -2.68. The van der Waals surface area contributed by atoms with Gasteiger partial charge in [-0.25, -0.2) is 4.98 Å². The molecule has 0 bridgehead atoms. The maximum Gasteiger partial charge on any atom is 0.416 e. The molecule has 3 heterocycles. The van der Waals surface area contributed by atoms with Crippen LogP contribution in [0.4, 0.5) is 19.0 Å². The maximum atomic E-state index is 13.2. The topological polar surface area (TPSA) is 67.1 Å². The van der Waals surface area contributed by atoms with Gasteiger partial charge >= 0.3 is 6.18 Å². The van der Waals surface area contributed by atoms with Crippen LogP contribution in [0.3, 0.4) is 0 Å². The second-order valence-electron chi connectivity index (χ2n) is 7.59. The number of fused-ring (bicyclic) bond motifs is 1. The molecule has 0 unspecified atom stereocenters. The molecule has 0 saturated carbocycles. The molecule has 3 aromatic rings. The van der Waals surface area contributed by atoms with E-state index in [1.165, 1.54) is 6.07 Å². The molecular formula is C20H22F3N5O. The van der Waals surface area contributed by atoms with E-state index in [2.05, 4.69) is 34.2 Å². The second kappa shape index (κ2) is 7.62. The molecule has 29 heavy (non-hydrogen) atoms. The third-order valence-corrected chi connectivity index (χ3v) is 4.83. The van der Waals surface area contributed by atoms with Crippen molar-refractivity contribution in [2.45, 2.75) is 26.4 Å². The average molecular weight is 405 g/mol. The molecule has 1 N–H and O–H groups in total. The van der Waals surface area contributed by atoms with Gasteiger partial charge in [-0.1, -0.05) is 31.1 Å². The Morgan fingerprint density at radius 1 is 1.17 bits per heavy atom. The van der Waals surface area contributed by atoms with E-state index < -0.39 is 11.7 Å². The van der Waals surface area contributed by atoms with Gasteiger partial charge < -0.3 is 14.7 Å². The predicted octanol–water partition coefficient (Wildman–Crippen LogP) is 3.91. The molecule has 4 rings (SSSR count). The van der Waals surface area contributed by atoms with E-state index in [9.17, 15) is 13.2 Å². The summed E-state index contributed by atoms with van der Waals surface area (Å²) in [6.45, 7) is 7.23. The minimum Gasteiger partial charge on any atom is -0.353 e. The number of piperazine rings is 1. The van der Waals surface area contributed by atoms with E-state index in [0.717, 1.165) is 38.3 Å². The first-order valence-electron chi connectivity index (χ1n) is 9.62. The number of anilines is 1. The lowest BCUT2D eigenvalue weighted by Crippen LogP contribution is -2.44. The molecule has 1 saturated heterocycles. The van der Waals surface area contributed by atoms with Crippen molar-refractivity contribution in [1.82, 2.24) is 20.4 Å². The summed E-state index contributed by atoms with van der Waals surface area (Å²) in [6.07, 6.45) is -3.76. The number of alkyl halides is 3. The average Bonchev–Trinajstić information content (AvgIpc) is 3.11. The minimum atomic E-state index is -4.43. The molecule has 1 aromatic carbocycles. The maximum absolute atomic E-state index is 13.2. The highest BCUT2D eigenvalue weighted by molar-refractivity contribution is 5.98. The summed E-state index contributed by atoms with van der Waals surface area (Å²) in [6, 6.07) is 5.09. The van der Waals surface area contributed by atoms with Crippen molar-refractivity contribution in [2.75, 3.05) is 31.1 Å². The zero-order valence-electron chi connectivity index (χ0n) is 16.3. The van der Waals surface area contributed by atoms with Gasteiger partial charge in [0.25, 0.3) is 5.71 Å². The summed E-state index contributed by atoms with van der Waals surface area (Å²) in [7, 11) is 0. The predicted molar refractivity (Wildman–Crippen MR) is 104 cm³/mol. The fourth-order valence-corrected chi connectivity index (χ4v) is 3.48. The highest BCUT2D eigenvalue weighted by atomic mass is 19.4. The fourth-order valence-electron chi connectivity index (χ4n) is 3.48. The van der Waals surface area contributed by atoms with E-state index in [4.69, 9.17) is 9.51 Å². The summed E-state index contributed by atoms with van der Waals surface area (Å²) < 4.78 is 45.0. The Bertz CT molecular complexity index is 1010. The van der Waals surface area contributed by atoms with Gasteiger partial charge in [0.15, 0.2) is 0 Å². The van der Waals surface area contributed by atoms with Crippen LogP contribution >= 0.6 is 0 Å². The van der Waals surface area contributed by atoms with Crippen LogP contribution in [0.5, 0.6) is 0 Å². The summed E-state index contributed by atoms with van der Waals surface area (Å²) in [5.74, 6) is 1.67. The van der Waals surface area contributed by atoms with Crippen molar-refractivity contribution < 1.29 is 17.7 Å².